The lowest BCUT2D eigenvalue weighted by Gasteiger charge is -2.20. The summed E-state index contributed by atoms with van der Waals surface area (Å²) in [7, 11) is 0. The van der Waals surface area contributed by atoms with Crippen LogP contribution in [0.3, 0.4) is 0 Å². The summed E-state index contributed by atoms with van der Waals surface area (Å²) >= 11 is 1.75. The first-order valence-corrected chi connectivity index (χ1v) is 18.3. The van der Waals surface area contributed by atoms with Crippen molar-refractivity contribution in [3.8, 4) is 32.8 Å². The lowest BCUT2D eigenvalue weighted by atomic mass is 9.85. The summed E-state index contributed by atoms with van der Waals surface area (Å²) in [5, 5.41) is 8.40. The molecule has 0 amide bonds. The number of aliphatic imine (C=N–C) groups is 1. The lowest BCUT2D eigenvalue weighted by molar-refractivity contribution is 0.591. The maximum atomic E-state index is 5.36. The van der Waals surface area contributed by atoms with Gasteiger partial charge < -0.3 is 0 Å². The molecule has 1 aromatic heterocycles. The average Bonchev–Trinajstić information content (AvgIpc) is 3.61. The normalized spacial score (nSPS) is 12.1. The Morgan fingerprint density at radius 2 is 1.14 bits per heavy atom. The van der Waals surface area contributed by atoms with Gasteiger partial charge in [0.1, 0.15) is 5.01 Å². The second kappa shape index (κ2) is 12.5. The first kappa shape index (κ1) is 31.1. The fourth-order valence-electron chi connectivity index (χ4n) is 7.20. The van der Waals surface area contributed by atoms with E-state index in [-0.39, 0.29) is 5.41 Å². The molecule has 0 N–H and O–H groups in total. The number of hydrogen-bond donors (Lipinski definition) is 0. The van der Waals surface area contributed by atoms with Crippen molar-refractivity contribution in [1.29, 1.82) is 0 Å². The SMILES string of the molecule is CC(C)(C)c1cc(-c2ccc(-c3cccc4ccccc34)cc2)c2nc(-c3ccccc3N=Cc3cc4ccccc4c4ccccc34)sc2c1. The number of hydrogen-bond acceptors (Lipinski definition) is 3. The Morgan fingerprint density at radius 3 is 1.92 bits per heavy atom. The molecule has 0 aliphatic heterocycles. The highest BCUT2D eigenvalue weighted by Gasteiger charge is 2.20. The summed E-state index contributed by atoms with van der Waals surface area (Å²) in [4.78, 5) is 10.5. The number of aromatic nitrogens is 1. The summed E-state index contributed by atoms with van der Waals surface area (Å²) in [5.74, 6) is 0. The van der Waals surface area contributed by atoms with E-state index in [0.29, 0.717) is 0 Å². The molecule has 8 aromatic carbocycles. The number of thiazole rings is 1. The van der Waals surface area contributed by atoms with E-state index in [1.165, 1.54) is 59.3 Å². The highest BCUT2D eigenvalue weighted by molar-refractivity contribution is 7.21. The molecule has 0 spiro atoms. The number of fused-ring (bicyclic) bond motifs is 5. The van der Waals surface area contributed by atoms with E-state index < -0.39 is 0 Å². The van der Waals surface area contributed by atoms with E-state index in [1.807, 2.05) is 6.21 Å². The van der Waals surface area contributed by atoms with Crippen LogP contribution in [0.25, 0.3) is 75.4 Å². The Balaban J connectivity index is 1.14. The van der Waals surface area contributed by atoms with Gasteiger partial charge in [-0.3, -0.25) is 4.99 Å². The van der Waals surface area contributed by atoms with Gasteiger partial charge in [0, 0.05) is 22.9 Å². The molecule has 244 valence electrons. The van der Waals surface area contributed by atoms with Crippen molar-refractivity contribution in [2.75, 3.05) is 0 Å². The molecule has 0 aliphatic carbocycles. The molecule has 9 aromatic rings. The van der Waals surface area contributed by atoms with Crippen LogP contribution < -0.4 is 0 Å². The van der Waals surface area contributed by atoms with Crippen molar-refractivity contribution in [3.05, 3.63) is 169 Å². The molecule has 0 fully saturated rings. The van der Waals surface area contributed by atoms with E-state index in [9.17, 15) is 0 Å². The zero-order valence-electron chi connectivity index (χ0n) is 28.9. The van der Waals surface area contributed by atoms with Gasteiger partial charge in [0.25, 0.3) is 0 Å². The van der Waals surface area contributed by atoms with Crippen LogP contribution in [0.5, 0.6) is 0 Å². The summed E-state index contributed by atoms with van der Waals surface area (Å²) < 4.78 is 1.19. The zero-order valence-corrected chi connectivity index (χ0v) is 29.7. The zero-order chi connectivity index (χ0) is 34.5. The predicted octanol–water partition coefficient (Wildman–Crippen LogP) is 13.8. The molecule has 2 nitrogen and oxygen atoms in total. The topological polar surface area (TPSA) is 25.2 Å². The molecule has 51 heavy (non-hydrogen) atoms. The molecular weight excluding hydrogens is 637 g/mol. The lowest BCUT2D eigenvalue weighted by Crippen LogP contribution is -2.11. The molecule has 0 atom stereocenters. The fourth-order valence-corrected chi connectivity index (χ4v) is 8.27. The Morgan fingerprint density at radius 1 is 0.529 bits per heavy atom. The number of nitrogens with zero attached hydrogens (tertiary/aromatic N) is 2. The van der Waals surface area contributed by atoms with Crippen molar-refractivity contribution < 1.29 is 0 Å². The Labute approximate surface area is 302 Å². The van der Waals surface area contributed by atoms with Crippen LogP contribution in [0.4, 0.5) is 5.69 Å². The van der Waals surface area contributed by atoms with Gasteiger partial charge in [0.2, 0.25) is 0 Å². The van der Waals surface area contributed by atoms with Crippen LogP contribution in [-0.2, 0) is 5.41 Å². The largest absolute Gasteiger partial charge is 0.256 e. The predicted molar refractivity (Wildman–Crippen MR) is 221 cm³/mol. The molecule has 0 bridgehead atoms. The van der Waals surface area contributed by atoms with Crippen molar-refractivity contribution in [2.45, 2.75) is 26.2 Å². The molecule has 0 saturated carbocycles. The third kappa shape index (κ3) is 5.70. The Hall–Kier alpha value is -5.90. The van der Waals surface area contributed by atoms with Gasteiger partial charge >= 0.3 is 0 Å². The fraction of sp³-hybridized carbons (Fsp3) is 0.0833. The van der Waals surface area contributed by atoms with Crippen LogP contribution in [0, 0.1) is 0 Å². The maximum absolute atomic E-state index is 5.36. The summed E-state index contributed by atoms with van der Waals surface area (Å²) in [6.07, 6.45) is 2.02. The monoisotopic (exact) mass is 672 g/mol. The smallest absolute Gasteiger partial charge is 0.126 e. The van der Waals surface area contributed by atoms with Crippen molar-refractivity contribution >= 4 is 65.8 Å². The van der Waals surface area contributed by atoms with Gasteiger partial charge in [0.05, 0.1) is 15.9 Å². The van der Waals surface area contributed by atoms with Gasteiger partial charge in [-0.1, -0.05) is 148 Å². The minimum Gasteiger partial charge on any atom is -0.256 e. The maximum Gasteiger partial charge on any atom is 0.126 e. The average molecular weight is 673 g/mol. The molecule has 0 unspecified atom stereocenters. The van der Waals surface area contributed by atoms with E-state index >= 15 is 0 Å². The van der Waals surface area contributed by atoms with Gasteiger partial charge in [0.15, 0.2) is 0 Å². The van der Waals surface area contributed by atoms with E-state index in [4.69, 9.17) is 9.98 Å². The van der Waals surface area contributed by atoms with Crippen molar-refractivity contribution in [1.82, 2.24) is 4.98 Å². The highest BCUT2D eigenvalue weighted by atomic mass is 32.1. The van der Waals surface area contributed by atoms with Crippen LogP contribution in [0.1, 0.15) is 31.9 Å². The first-order valence-electron chi connectivity index (χ1n) is 17.5. The van der Waals surface area contributed by atoms with E-state index in [2.05, 4.69) is 178 Å². The Bertz CT molecular complexity index is 2770. The minimum absolute atomic E-state index is 0.0131. The van der Waals surface area contributed by atoms with Gasteiger partial charge in [-0.05, 0) is 90.3 Å². The second-order valence-corrected chi connectivity index (χ2v) is 15.3. The van der Waals surface area contributed by atoms with Crippen molar-refractivity contribution in [2.24, 2.45) is 4.99 Å². The third-order valence-electron chi connectivity index (χ3n) is 9.93. The number of benzene rings is 8. The third-order valence-corrected chi connectivity index (χ3v) is 11.0. The van der Waals surface area contributed by atoms with Crippen LogP contribution in [-0.4, -0.2) is 11.2 Å². The van der Waals surface area contributed by atoms with Gasteiger partial charge in [-0.2, -0.15) is 0 Å². The summed E-state index contributed by atoms with van der Waals surface area (Å²) in [6, 6.07) is 56.6. The highest BCUT2D eigenvalue weighted by Crippen LogP contribution is 2.42. The number of rotatable bonds is 5. The Kier molecular flexibility index (Phi) is 7.60. The quantitative estimate of drug-likeness (QED) is 0.132. The van der Waals surface area contributed by atoms with Crippen LogP contribution >= 0.6 is 11.3 Å². The van der Waals surface area contributed by atoms with Crippen LogP contribution in [0.15, 0.2) is 163 Å². The first-order chi connectivity index (χ1) is 24.9. The van der Waals surface area contributed by atoms with E-state index in [1.54, 1.807) is 11.3 Å². The van der Waals surface area contributed by atoms with Crippen molar-refractivity contribution in [3.63, 3.8) is 0 Å². The minimum atomic E-state index is -0.0131. The molecule has 0 radical (unpaired) electrons. The van der Waals surface area contributed by atoms with Gasteiger partial charge in [-0.25, -0.2) is 4.98 Å². The standard InChI is InChI=1S/C48H36N2S/c1-48(2,3)36-28-43(33-25-23-32(24-26-33)38-21-12-15-31-13-4-6-16-37(31)38)46-45(29-36)51-47(50-46)42-20-10-11-22-44(42)49-30-35-27-34-14-5-7-17-39(34)41-19-9-8-18-40(35)41/h4-30H,1-3H3. The molecule has 1 heterocycles. The molecule has 0 saturated heterocycles. The molecule has 9 rings (SSSR count). The van der Waals surface area contributed by atoms with Crippen LogP contribution in [0.2, 0.25) is 0 Å². The molecular formula is C48H36N2S. The number of para-hydroxylation sites is 1. The second-order valence-electron chi connectivity index (χ2n) is 14.3. The summed E-state index contributed by atoms with van der Waals surface area (Å²) in [6.45, 7) is 6.85. The van der Waals surface area contributed by atoms with Gasteiger partial charge in [-0.15, -0.1) is 11.3 Å². The summed E-state index contributed by atoms with van der Waals surface area (Å²) in [5.41, 5.74) is 10.2. The molecule has 3 heteroatoms. The molecule has 0 aliphatic rings. The van der Waals surface area contributed by atoms with E-state index in [0.717, 1.165) is 32.9 Å².